The van der Waals surface area contributed by atoms with Gasteiger partial charge in [0.2, 0.25) is 0 Å². The Morgan fingerprint density at radius 2 is 2.19 bits per heavy atom. The molecule has 2 rings (SSSR count). The third kappa shape index (κ3) is 3.80. The maximum atomic E-state index is 12.4. The Kier molecular flexibility index (Phi) is 4.40. The number of hydrogen-bond donors (Lipinski definition) is 1. The second-order valence-electron chi connectivity index (χ2n) is 6.36. The van der Waals surface area contributed by atoms with Crippen LogP contribution in [-0.2, 0) is 15.6 Å². The number of rotatable bonds is 4. The maximum absolute atomic E-state index is 12.4. The third-order valence-corrected chi connectivity index (χ3v) is 5.35. The lowest BCUT2D eigenvalue weighted by Crippen LogP contribution is -2.34. The summed E-state index contributed by atoms with van der Waals surface area (Å²) in [5, 5.41) is 2.99. The van der Waals surface area contributed by atoms with E-state index in [1.807, 2.05) is 6.92 Å². The highest BCUT2D eigenvalue weighted by atomic mass is 35.7. The third-order valence-electron chi connectivity index (χ3n) is 4.03. The van der Waals surface area contributed by atoms with Crippen LogP contribution in [0.25, 0.3) is 0 Å². The van der Waals surface area contributed by atoms with Crippen LogP contribution in [0.3, 0.4) is 0 Å². The van der Waals surface area contributed by atoms with Crippen LogP contribution in [0.5, 0.6) is 0 Å². The second-order valence-corrected chi connectivity index (χ2v) is 8.93. The van der Waals surface area contributed by atoms with Crippen LogP contribution >= 0.6 is 10.7 Å². The number of hydrogen-bond acceptors (Lipinski definition) is 3. The van der Waals surface area contributed by atoms with Gasteiger partial charge in [0.1, 0.15) is 10.6 Å². The topological polar surface area (TPSA) is 68.2 Å². The van der Waals surface area contributed by atoms with Crippen molar-refractivity contribution in [1.29, 1.82) is 0 Å². The van der Waals surface area contributed by atoms with E-state index >= 15 is 0 Å². The molecule has 1 amide bonds. The average molecular weight is 333 g/mol. The highest BCUT2D eigenvalue weighted by Gasteiger charge is 2.32. The van der Waals surface area contributed by atoms with E-state index in [-0.39, 0.29) is 22.3 Å². The van der Waals surface area contributed by atoms with Crippen molar-refractivity contribution in [1.82, 2.24) is 9.88 Å². The molecule has 1 saturated carbocycles. The van der Waals surface area contributed by atoms with Gasteiger partial charge in [0, 0.05) is 29.5 Å². The van der Waals surface area contributed by atoms with Gasteiger partial charge in [-0.1, -0.05) is 13.8 Å². The molecule has 1 aromatic rings. The van der Waals surface area contributed by atoms with Crippen molar-refractivity contribution in [2.75, 3.05) is 0 Å². The molecular weight excluding hydrogens is 312 g/mol. The standard InChI is InChI=1S/C14H21ClN2O3S/c1-4-17-9-11(21(15,19)20)7-12(17)13(18)16-10-5-6-14(2,3)8-10/h7,9-10H,4-6,8H2,1-3H3,(H,16,18). The smallest absolute Gasteiger partial charge is 0.268 e. The summed E-state index contributed by atoms with van der Waals surface area (Å²) in [5.74, 6) is -0.244. The van der Waals surface area contributed by atoms with Gasteiger partial charge >= 0.3 is 0 Å². The summed E-state index contributed by atoms with van der Waals surface area (Å²) in [6.07, 6.45) is 4.36. The number of aromatic nitrogens is 1. The largest absolute Gasteiger partial charge is 0.348 e. The number of carbonyl (C=O) groups excluding carboxylic acids is 1. The molecule has 0 radical (unpaired) electrons. The number of carbonyl (C=O) groups is 1. The molecule has 1 atom stereocenters. The van der Waals surface area contributed by atoms with Crippen molar-refractivity contribution in [3.05, 3.63) is 18.0 Å². The summed E-state index contributed by atoms with van der Waals surface area (Å²) < 4.78 is 24.4. The Balaban J connectivity index is 2.18. The van der Waals surface area contributed by atoms with Gasteiger partial charge in [-0.05, 0) is 37.7 Å². The van der Waals surface area contributed by atoms with Gasteiger partial charge in [-0.2, -0.15) is 0 Å². The molecule has 0 bridgehead atoms. The van der Waals surface area contributed by atoms with E-state index in [4.69, 9.17) is 10.7 Å². The van der Waals surface area contributed by atoms with E-state index in [0.717, 1.165) is 19.3 Å². The highest BCUT2D eigenvalue weighted by Crippen LogP contribution is 2.37. The molecule has 5 nitrogen and oxygen atoms in total. The average Bonchev–Trinajstić information content (AvgIpc) is 2.91. The molecule has 21 heavy (non-hydrogen) atoms. The van der Waals surface area contributed by atoms with Gasteiger partial charge in [0.05, 0.1) is 0 Å². The summed E-state index contributed by atoms with van der Waals surface area (Å²) in [7, 11) is 1.52. The number of halogens is 1. The molecule has 1 aromatic heterocycles. The molecular formula is C14H21ClN2O3S. The Morgan fingerprint density at radius 3 is 2.67 bits per heavy atom. The number of nitrogens with one attached hydrogen (secondary N) is 1. The van der Waals surface area contributed by atoms with Gasteiger partial charge in [0.25, 0.3) is 15.0 Å². The minimum atomic E-state index is -3.82. The van der Waals surface area contributed by atoms with E-state index < -0.39 is 9.05 Å². The van der Waals surface area contributed by atoms with Crippen molar-refractivity contribution >= 4 is 25.6 Å². The first-order valence-electron chi connectivity index (χ1n) is 7.08. The molecule has 0 aliphatic heterocycles. The fourth-order valence-corrected chi connectivity index (χ4v) is 3.65. The molecule has 118 valence electrons. The van der Waals surface area contributed by atoms with E-state index in [0.29, 0.717) is 12.2 Å². The predicted molar refractivity (Wildman–Crippen MR) is 82.0 cm³/mol. The molecule has 7 heteroatoms. The lowest BCUT2D eigenvalue weighted by atomic mass is 9.92. The molecule has 1 aliphatic rings. The fraction of sp³-hybridized carbons (Fsp3) is 0.643. The van der Waals surface area contributed by atoms with Crippen LogP contribution in [0, 0.1) is 5.41 Å². The summed E-state index contributed by atoms with van der Waals surface area (Å²) in [4.78, 5) is 12.3. The van der Waals surface area contributed by atoms with Crippen LogP contribution in [-0.4, -0.2) is 24.9 Å². The molecule has 0 aromatic carbocycles. The van der Waals surface area contributed by atoms with Crippen LogP contribution < -0.4 is 5.32 Å². The first kappa shape index (κ1) is 16.4. The Morgan fingerprint density at radius 1 is 1.52 bits per heavy atom. The van der Waals surface area contributed by atoms with Crippen LogP contribution in [0.4, 0.5) is 0 Å². The lowest BCUT2D eigenvalue weighted by Gasteiger charge is -2.18. The maximum Gasteiger partial charge on any atom is 0.268 e. The lowest BCUT2D eigenvalue weighted by molar-refractivity contribution is 0.0926. The van der Waals surface area contributed by atoms with Gasteiger partial charge in [0.15, 0.2) is 0 Å². The van der Waals surface area contributed by atoms with E-state index in [1.54, 1.807) is 4.57 Å². The number of aryl methyl sites for hydroxylation is 1. The Bertz CT molecular complexity index is 649. The predicted octanol–water partition coefficient (Wildman–Crippen LogP) is 2.74. The minimum Gasteiger partial charge on any atom is -0.348 e. The molecule has 0 spiro atoms. The van der Waals surface area contributed by atoms with E-state index in [2.05, 4.69) is 19.2 Å². The first-order chi connectivity index (χ1) is 9.62. The van der Waals surface area contributed by atoms with Gasteiger partial charge in [-0.15, -0.1) is 0 Å². The van der Waals surface area contributed by atoms with E-state index in [9.17, 15) is 13.2 Å². The fourth-order valence-electron chi connectivity index (χ4n) is 2.89. The summed E-state index contributed by atoms with van der Waals surface area (Å²) in [6, 6.07) is 1.48. The SMILES string of the molecule is CCn1cc(S(=O)(=O)Cl)cc1C(=O)NC1CCC(C)(C)C1. The molecule has 1 unspecified atom stereocenters. The first-order valence-corrected chi connectivity index (χ1v) is 9.39. The van der Waals surface area contributed by atoms with Crippen molar-refractivity contribution < 1.29 is 13.2 Å². The molecule has 0 saturated heterocycles. The Hall–Kier alpha value is -1.01. The zero-order valence-electron chi connectivity index (χ0n) is 12.5. The summed E-state index contributed by atoms with van der Waals surface area (Å²) in [6.45, 7) is 6.73. The number of nitrogens with zero attached hydrogens (tertiary/aromatic N) is 1. The monoisotopic (exact) mass is 332 g/mol. The molecule has 1 N–H and O–H groups in total. The van der Waals surface area contributed by atoms with Gasteiger partial charge in [-0.25, -0.2) is 8.42 Å². The van der Waals surface area contributed by atoms with Crippen molar-refractivity contribution in [2.24, 2.45) is 5.41 Å². The molecule has 1 aliphatic carbocycles. The van der Waals surface area contributed by atoms with Crippen molar-refractivity contribution in [3.8, 4) is 0 Å². The minimum absolute atomic E-state index is 0.0390. The van der Waals surface area contributed by atoms with E-state index in [1.165, 1.54) is 12.3 Å². The van der Waals surface area contributed by atoms with Crippen molar-refractivity contribution in [3.63, 3.8) is 0 Å². The summed E-state index contributed by atoms with van der Waals surface area (Å²) >= 11 is 0. The molecule has 1 heterocycles. The number of amides is 1. The summed E-state index contributed by atoms with van der Waals surface area (Å²) in [5.41, 5.74) is 0.580. The van der Waals surface area contributed by atoms with Crippen LogP contribution in [0.15, 0.2) is 17.2 Å². The Labute approximate surface area is 130 Å². The van der Waals surface area contributed by atoms with Crippen LogP contribution in [0.1, 0.15) is 50.5 Å². The molecule has 1 fully saturated rings. The van der Waals surface area contributed by atoms with Crippen molar-refractivity contribution in [2.45, 2.75) is 57.5 Å². The quantitative estimate of drug-likeness (QED) is 0.862. The zero-order valence-corrected chi connectivity index (χ0v) is 14.1. The van der Waals surface area contributed by atoms with Gasteiger partial charge < -0.3 is 9.88 Å². The normalized spacial score (nSPS) is 21.4. The van der Waals surface area contributed by atoms with Crippen LogP contribution in [0.2, 0.25) is 0 Å². The zero-order chi connectivity index (χ0) is 15.8. The second kappa shape index (κ2) is 5.65. The highest BCUT2D eigenvalue weighted by molar-refractivity contribution is 8.13. The van der Waals surface area contributed by atoms with Gasteiger partial charge in [-0.3, -0.25) is 4.79 Å².